The quantitative estimate of drug-likeness (QED) is 0.842. The number of carbonyl (C=O) groups excluding carboxylic acids is 1. The molecule has 2 rings (SSSR count). The molecular formula is C15H21F3N4O. The average Bonchev–Trinajstić information content (AvgIpc) is 2.49. The van der Waals surface area contributed by atoms with Crippen LogP contribution in [0.5, 0.6) is 0 Å². The molecule has 1 aromatic rings. The highest BCUT2D eigenvalue weighted by Crippen LogP contribution is 2.24. The van der Waals surface area contributed by atoms with Crippen LogP contribution in [-0.4, -0.2) is 60.7 Å². The third-order valence-corrected chi connectivity index (χ3v) is 3.80. The van der Waals surface area contributed by atoms with Crippen molar-refractivity contribution in [1.29, 1.82) is 0 Å². The topological polar surface area (TPSA) is 57.3 Å². The van der Waals surface area contributed by atoms with Gasteiger partial charge in [0.15, 0.2) is 0 Å². The molecule has 1 fully saturated rings. The molecule has 1 atom stereocenters. The number of halogens is 3. The number of nitrogens with one attached hydrogen (secondary N) is 2. The van der Waals surface area contributed by atoms with Crippen LogP contribution in [0.3, 0.4) is 0 Å². The van der Waals surface area contributed by atoms with E-state index in [9.17, 15) is 18.0 Å². The van der Waals surface area contributed by atoms with Crippen LogP contribution in [0, 0.1) is 6.92 Å². The molecule has 0 spiro atoms. The van der Waals surface area contributed by atoms with Gasteiger partial charge in [0.05, 0.1) is 6.42 Å². The molecule has 0 saturated carbocycles. The van der Waals surface area contributed by atoms with Crippen LogP contribution < -0.4 is 10.6 Å². The predicted molar refractivity (Wildman–Crippen MR) is 80.0 cm³/mol. The zero-order valence-electron chi connectivity index (χ0n) is 13.0. The minimum atomic E-state index is -4.37. The lowest BCUT2D eigenvalue weighted by Gasteiger charge is -2.35. The number of hydrogen-bond acceptors (Lipinski definition) is 4. The van der Waals surface area contributed by atoms with Gasteiger partial charge in [-0.3, -0.25) is 14.7 Å². The molecule has 1 aliphatic heterocycles. The zero-order valence-corrected chi connectivity index (χ0v) is 13.0. The van der Waals surface area contributed by atoms with Crippen LogP contribution in [0.25, 0.3) is 0 Å². The number of alkyl halides is 3. The minimum absolute atomic E-state index is 0.0272. The van der Waals surface area contributed by atoms with Crippen molar-refractivity contribution in [2.24, 2.45) is 0 Å². The van der Waals surface area contributed by atoms with Crippen molar-refractivity contribution in [3.8, 4) is 0 Å². The number of piperazine rings is 1. The summed E-state index contributed by atoms with van der Waals surface area (Å²) in [6.45, 7) is 3.09. The Morgan fingerprint density at radius 2 is 2.09 bits per heavy atom. The first kappa shape index (κ1) is 17.7. The van der Waals surface area contributed by atoms with Gasteiger partial charge in [0.25, 0.3) is 0 Å². The van der Waals surface area contributed by atoms with E-state index in [4.69, 9.17) is 0 Å². The maximum atomic E-state index is 13.2. The lowest BCUT2D eigenvalue weighted by molar-refractivity contribution is -0.184. The Labute approximate surface area is 133 Å². The maximum Gasteiger partial charge on any atom is 0.405 e. The summed E-state index contributed by atoms with van der Waals surface area (Å²) in [6, 6.07) is 1.87. The molecule has 0 aliphatic carbocycles. The van der Waals surface area contributed by atoms with E-state index in [-0.39, 0.29) is 6.42 Å². The van der Waals surface area contributed by atoms with Gasteiger partial charge in [-0.15, -0.1) is 0 Å². The molecule has 2 N–H and O–H groups in total. The Hall–Kier alpha value is -1.67. The first-order chi connectivity index (χ1) is 10.9. The van der Waals surface area contributed by atoms with Gasteiger partial charge in [0.2, 0.25) is 5.91 Å². The Kier molecular flexibility index (Phi) is 5.95. The summed E-state index contributed by atoms with van der Waals surface area (Å²) in [4.78, 5) is 17.3. The molecule has 2 heterocycles. The van der Waals surface area contributed by atoms with Crippen molar-refractivity contribution >= 4 is 5.91 Å². The van der Waals surface area contributed by atoms with Gasteiger partial charge in [-0.25, -0.2) is 0 Å². The number of aryl methyl sites for hydroxylation is 1. The molecule has 128 valence electrons. The van der Waals surface area contributed by atoms with Crippen molar-refractivity contribution in [2.75, 3.05) is 32.7 Å². The zero-order chi connectivity index (χ0) is 16.9. The van der Waals surface area contributed by atoms with Crippen LogP contribution in [0.2, 0.25) is 0 Å². The van der Waals surface area contributed by atoms with Crippen molar-refractivity contribution in [3.05, 3.63) is 29.6 Å². The summed E-state index contributed by atoms with van der Waals surface area (Å²) in [5, 5.41) is 5.42. The fourth-order valence-electron chi connectivity index (χ4n) is 2.51. The first-order valence-electron chi connectivity index (χ1n) is 7.56. The summed E-state index contributed by atoms with van der Waals surface area (Å²) in [6.07, 6.45) is -2.78. The van der Waals surface area contributed by atoms with E-state index >= 15 is 0 Å². The third kappa shape index (κ3) is 5.47. The van der Waals surface area contributed by atoms with Crippen molar-refractivity contribution in [1.82, 2.24) is 20.5 Å². The molecular weight excluding hydrogens is 309 g/mol. The van der Waals surface area contributed by atoms with Crippen LogP contribution in [0.4, 0.5) is 13.2 Å². The van der Waals surface area contributed by atoms with Crippen molar-refractivity contribution < 1.29 is 18.0 Å². The standard InChI is InChI=1S/C15H21F3N4O/c1-11-2-3-12(9-20-11)8-14(23)21-10-13(15(16,17)18)22-6-4-19-5-7-22/h2-3,9,13,19H,4-8,10H2,1H3,(H,21,23). The van der Waals surface area contributed by atoms with Crippen LogP contribution >= 0.6 is 0 Å². The second-order valence-corrected chi connectivity index (χ2v) is 5.63. The highest BCUT2D eigenvalue weighted by Gasteiger charge is 2.43. The van der Waals surface area contributed by atoms with Gasteiger partial charge in [-0.2, -0.15) is 13.2 Å². The van der Waals surface area contributed by atoms with Gasteiger partial charge < -0.3 is 10.6 Å². The van der Waals surface area contributed by atoms with Gasteiger partial charge in [0, 0.05) is 44.6 Å². The van der Waals surface area contributed by atoms with E-state index in [0.29, 0.717) is 31.7 Å². The fraction of sp³-hybridized carbons (Fsp3) is 0.600. The maximum absolute atomic E-state index is 13.2. The molecule has 1 saturated heterocycles. The van der Waals surface area contributed by atoms with Crippen LogP contribution in [0.15, 0.2) is 18.3 Å². The minimum Gasteiger partial charge on any atom is -0.354 e. The summed E-state index contributed by atoms with van der Waals surface area (Å²) in [7, 11) is 0. The predicted octanol–water partition coefficient (Wildman–Crippen LogP) is 0.885. The molecule has 5 nitrogen and oxygen atoms in total. The molecule has 1 amide bonds. The molecule has 1 aromatic heterocycles. The summed E-state index contributed by atoms with van der Waals surface area (Å²) >= 11 is 0. The average molecular weight is 330 g/mol. The van der Waals surface area contributed by atoms with Crippen LogP contribution in [-0.2, 0) is 11.2 Å². The molecule has 1 unspecified atom stereocenters. The molecule has 0 bridgehead atoms. The summed E-state index contributed by atoms with van der Waals surface area (Å²) < 4.78 is 39.6. The fourth-order valence-corrected chi connectivity index (χ4v) is 2.51. The van der Waals surface area contributed by atoms with Crippen LogP contribution in [0.1, 0.15) is 11.3 Å². The van der Waals surface area contributed by atoms with Crippen molar-refractivity contribution in [2.45, 2.75) is 25.6 Å². The summed E-state index contributed by atoms with van der Waals surface area (Å²) in [5.74, 6) is -0.431. The highest BCUT2D eigenvalue weighted by molar-refractivity contribution is 5.78. The normalized spacial score (nSPS) is 17.7. The van der Waals surface area contributed by atoms with E-state index in [2.05, 4.69) is 15.6 Å². The van der Waals surface area contributed by atoms with E-state index in [1.54, 1.807) is 18.3 Å². The van der Waals surface area contributed by atoms with E-state index in [0.717, 1.165) is 5.69 Å². The SMILES string of the molecule is Cc1ccc(CC(=O)NCC(N2CCNCC2)C(F)(F)F)cn1. The third-order valence-electron chi connectivity index (χ3n) is 3.80. The largest absolute Gasteiger partial charge is 0.405 e. The lowest BCUT2D eigenvalue weighted by atomic mass is 10.1. The molecule has 1 aliphatic rings. The molecule has 8 heteroatoms. The molecule has 0 aromatic carbocycles. The Balaban J connectivity index is 1.89. The van der Waals surface area contributed by atoms with Gasteiger partial charge >= 0.3 is 6.18 Å². The van der Waals surface area contributed by atoms with E-state index in [1.165, 1.54) is 4.90 Å². The highest BCUT2D eigenvalue weighted by atomic mass is 19.4. The summed E-state index contributed by atoms with van der Waals surface area (Å²) in [5.41, 5.74) is 1.50. The van der Waals surface area contributed by atoms with Gasteiger partial charge in [-0.1, -0.05) is 6.07 Å². The number of aromatic nitrogens is 1. The molecule has 23 heavy (non-hydrogen) atoms. The lowest BCUT2D eigenvalue weighted by Crippen LogP contribution is -2.57. The monoisotopic (exact) mass is 330 g/mol. The number of rotatable bonds is 5. The number of amides is 1. The second kappa shape index (κ2) is 7.74. The van der Waals surface area contributed by atoms with Gasteiger partial charge in [-0.05, 0) is 18.6 Å². The van der Waals surface area contributed by atoms with E-state index < -0.39 is 24.7 Å². The molecule has 0 radical (unpaired) electrons. The number of hydrogen-bond donors (Lipinski definition) is 2. The number of carbonyl (C=O) groups is 1. The Morgan fingerprint density at radius 1 is 1.39 bits per heavy atom. The number of nitrogens with zero attached hydrogens (tertiary/aromatic N) is 2. The number of pyridine rings is 1. The smallest absolute Gasteiger partial charge is 0.354 e. The second-order valence-electron chi connectivity index (χ2n) is 5.63. The van der Waals surface area contributed by atoms with E-state index in [1.807, 2.05) is 6.92 Å². The van der Waals surface area contributed by atoms with Gasteiger partial charge in [0.1, 0.15) is 6.04 Å². The Morgan fingerprint density at radius 3 is 2.65 bits per heavy atom. The first-order valence-corrected chi connectivity index (χ1v) is 7.56. The van der Waals surface area contributed by atoms with Crippen molar-refractivity contribution in [3.63, 3.8) is 0 Å². The Bertz CT molecular complexity index is 512.